The zero-order valence-electron chi connectivity index (χ0n) is 9.08. The molecule has 0 radical (unpaired) electrons. The molecule has 1 aromatic carbocycles. The Hall–Kier alpha value is -2.17. The van der Waals surface area contributed by atoms with E-state index in [1.165, 1.54) is 0 Å². The number of halogens is 2. The summed E-state index contributed by atoms with van der Waals surface area (Å²) in [6, 6.07) is 6.22. The summed E-state index contributed by atoms with van der Waals surface area (Å²) in [5.41, 5.74) is 6.64. The molecule has 0 atom stereocenters. The van der Waals surface area contributed by atoms with Gasteiger partial charge >= 0.3 is 0 Å². The Morgan fingerprint density at radius 1 is 1.12 bits per heavy atom. The molecule has 1 aromatic heterocycles. The molecule has 0 aliphatic carbocycles. The Balaban J connectivity index is 2.34. The number of nitrogens with two attached hydrogens (primary N) is 1. The first-order valence-corrected chi connectivity index (χ1v) is 4.91. The van der Waals surface area contributed by atoms with Gasteiger partial charge in [0.2, 0.25) is 5.88 Å². The third kappa shape index (κ3) is 2.69. The second-order valence-corrected chi connectivity index (χ2v) is 3.55. The maximum Gasteiger partial charge on any atom is 0.242 e. The lowest BCUT2D eigenvalue weighted by Gasteiger charge is -2.08. The molecule has 88 valence electrons. The van der Waals surface area contributed by atoms with Gasteiger partial charge in [-0.05, 0) is 19.1 Å². The average Bonchev–Trinajstić information content (AvgIpc) is 2.22. The summed E-state index contributed by atoms with van der Waals surface area (Å²) in [6.45, 7) is 1.76. The molecule has 5 heteroatoms. The Morgan fingerprint density at radius 2 is 1.76 bits per heavy atom. The summed E-state index contributed by atoms with van der Waals surface area (Å²) in [4.78, 5) is 4.04. The highest BCUT2D eigenvalue weighted by atomic mass is 19.1. The fourth-order valence-electron chi connectivity index (χ4n) is 1.32. The van der Waals surface area contributed by atoms with Gasteiger partial charge in [0, 0.05) is 23.9 Å². The molecule has 0 aliphatic heterocycles. The van der Waals surface area contributed by atoms with Crippen molar-refractivity contribution in [3.63, 3.8) is 0 Å². The highest BCUT2D eigenvalue weighted by Gasteiger charge is 2.07. The molecular formula is C12H10F2N2O. The number of rotatable bonds is 2. The third-order valence-electron chi connectivity index (χ3n) is 2.08. The molecule has 0 bridgehead atoms. The summed E-state index contributed by atoms with van der Waals surface area (Å²) in [7, 11) is 0. The van der Waals surface area contributed by atoms with Crippen molar-refractivity contribution in [3.05, 3.63) is 47.7 Å². The molecule has 0 saturated heterocycles. The van der Waals surface area contributed by atoms with Crippen LogP contribution in [0.4, 0.5) is 14.5 Å². The highest BCUT2D eigenvalue weighted by Crippen LogP contribution is 2.26. The highest BCUT2D eigenvalue weighted by molar-refractivity contribution is 5.49. The van der Waals surface area contributed by atoms with Crippen LogP contribution in [0.5, 0.6) is 11.6 Å². The fraction of sp³-hybridized carbons (Fsp3) is 0.0833. The van der Waals surface area contributed by atoms with Crippen molar-refractivity contribution in [1.82, 2.24) is 4.98 Å². The summed E-state index contributed by atoms with van der Waals surface area (Å²) in [5, 5.41) is 0. The molecule has 2 aromatic rings. The van der Waals surface area contributed by atoms with E-state index in [2.05, 4.69) is 4.98 Å². The molecule has 3 nitrogen and oxygen atoms in total. The number of nitrogen functional groups attached to an aromatic ring is 1. The van der Waals surface area contributed by atoms with E-state index in [0.717, 1.165) is 18.2 Å². The molecule has 17 heavy (non-hydrogen) atoms. The molecule has 0 unspecified atom stereocenters. The molecule has 0 saturated carbocycles. The van der Waals surface area contributed by atoms with E-state index in [9.17, 15) is 8.78 Å². The minimum absolute atomic E-state index is 0.0206. The lowest BCUT2D eigenvalue weighted by atomic mass is 10.3. The Bertz CT molecular complexity index is 538. The van der Waals surface area contributed by atoms with Crippen LogP contribution in [-0.4, -0.2) is 4.98 Å². The molecule has 0 aliphatic rings. The van der Waals surface area contributed by atoms with Crippen molar-refractivity contribution in [2.24, 2.45) is 0 Å². The predicted octanol–water partition coefficient (Wildman–Crippen LogP) is 3.04. The first kappa shape index (κ1) is 11.3. The zero-order valence-corrected chi connectivity index (χ0v) is 9.08. The molecule has 0 fully saturated rings. The van der Waals surface area contributed by atoms with Crippen molar-refractivity contribution in [1.29, 1.82) is 0 Å². The number of nitrogens with zero attached hydrogens (tertiary/aromatic N) is 1. The Labute approximate surface area is 96.9 Å². The first-order chi connectivity index (χ1) is 8.04. The molecule has 2 N–H and O–H groups in total. The van der Waals surface area contributed by atoms with Crippen molar-refractivity contribution >= 4 is 5.69 Å². The quantitative estimate of drug-likeness (QED) is 0.871. The number of benzene rings is 1. The van der Waals surface area contributed by atoms with Crippen molar-refractivity contribution < 1.29 is 13.5 Å². The summed E-state index contributed by atoms with van der Waals surface area (Å²) >= 11 is 0. The van der Waals surface area contributed by atoms with Crippen molar-refractivity contribution in [2.45, 2.75) is 6.92 Å². The lowest BCUT2D eigenvalue weighted by Crippen LogP contribution is -1.97. The number of ether oxygens (including phenoxy) is 1. The molecular weight excluding hydrogens is 226 g/mol. The van der Waals surface area contributed by atoms with Crippen LogP contribution in [0.3, 0.4) is 0 Å². The minimum atomic E-state index is -0.716. The monoisotopic (exact) mass is 236 g/mol. The average molecular weight is 236 g/mol. The predicted molar refractivity (Wildman–Crippen MR) is 59.8 cm³/mol. The van der Waals surface area contributed by atoms with Gasteiger partial charge in [-0.15, -0.1) is 0 Å². The SMILES string of the molecule is Cc1ccc(N)c(Oc2cc(F)cc(F)c2)n1. The van der Waals surface area contributed by atoms with Crippen LogP contribution in [0.1, 0.15) is 5.69 Å². The summed E-state index contributed by atoms with van der Waals surface area (Å²) in [5.74, 6) is -1.28. The summed E-state index contributed by atoms with van der Waals surface area (Å²) in [6.07, 6.45) is 0. The van der Waals surface area contributed by atoms with Crippen molar-refractivity contribution in [3.8, 4) is 11.6 Å². The van der Waals surface area contributed by atoms with Gasteiger partial charge in [-0.25, -0.2) is 13.8 Å². The van der Waals surface area contributed by atoms with Crippen LogP contribution in [-0.2, 0) is 0 Å². The second kappa shape index (κ2) is 4.37. The topological polar surface area (TPSA) is 48.1 Å². The van der Waals surface area contributed by atoms with Gasteiger partial charge in [0.15, 0.2) is 0 Å². The van der Waals surface area contributed by atoms with Gasteiger partial charge < -0.3 is 10.5 Å². The van der Waals surface area contributed by atoms with Crippen LogP contribution in [0.25, 0.3) is 0 Å². The van der Waals surface area contributed by atoms with E-state index >= 15 is 0 Å². The fourth-order valence-corrected chi connectivity index (χ4v) is 1.32. The number of aromatic nitrogens is 1. The van der Waals surface area contributed by atoms with E-state index in [1.807, 2.05) is 0 Å². The Kier molecular flexibility index (Phi) is 2.91. The van der Waals surface area contributed by atoms with Gasteiger partial charge in [0.1, 0.15) is 17.4 Å². The standard InChI is InChI=1S/C12H10F2N2O/c1-7-2-3-11(15)12(16-7)17-10-5-8(13)4-9(14)6-10/h2-6H,15H2,1H3. The second-order valence-electron chi connectivity index (χ2n) is 3.55. The number of aryl methyl sites for hydroxylation is 1. The maximum absolute atomic E-state index is 12.9. The molecule has 2 rings (SSSR count). The normalized spacial score (nSPS) is 10.3. The van der Waals surface area contributed by atoms with E-state index in [-0.39, 0.29) is 11.6 Å². The largest absolute Gasteiger partial charge is 0.437 e. The number of hydrogen-bond acceptors (Lipinski definition) is 3. The minimum Gasteiger partial charge on any atom is -0.437 e. The van der Waals surface area contributed by atoms with Gasteiger partial charge in [0.25, 0.3) is 0 Å². The van der Waals surface area contributed by atoms with Gasteiger partial charge in [-0.3, -0.25) is 0 Å². The first-order valence-electron chi connectivity index (χ1n) is 4.91. The smallest absolute Gasteiger partial charge is 0.242 e. The van der Waals surface area contributed by atoms with Crippen LogP contribution < -0.4 is 10.5 Å². The molecule has 0 amide bonds. The van der Waals surface area contributed by atoms with Gasteiger partial charge in [0.05, 0.1) is 5.69 Å². The van der Waals surface area contributed by atoms with Gasteiger partial charge in [-0.1, -0.05) is 0 Å². The van der Waals surface area contributed by atoms with Crippen LogP contribution in [0.15, 0.2) is 30.3 Å². The molecule has 1 heterocycles. The zero-order chi connectivity index (χ0) is 12.4. The van der Waals surface area contributed by atoms with E-state index in [4.69, 9.17) is 10.5 Å². The van der Waals surface area contributed by atoms with E-state index < -0.39 is 11.6 Å². The van der Waals surface area contributed by atoms with Gasteiger partial charge in [-0.2, -0.15) is 0 Å². The lowest BCUT2D eigenvalue weighted by molar-refractivity contribution is 0.452. The Morgan fingerprint density at radius 3 is 2.41 bits per heavy atom. The van der Waals surface area contributed by atoms with Crippen LogP contribution >= 0.6 is 0 Å². The molecule has 0 spiro atoms. The van der Waals surface area contributed by atoms with Crippen molar-refractivity contribution in [2.75, 3.05) is 5.73 Å². The number of hydrogen-bond donors (Lipinski definition) is 1. The van der Waals surface area contributed by atoms with E-state index in [1.54, 1.807) is 19.1 Å². The number of pyridine rings is 1. The maximum atomic E-state index is 12.9. The van der Waals surface area contributed by atoms with E-state index in [0.29, 0.717) is 11.4 Å². The third-order valence-corrected chi connectivity index (χ3v) is 2.08. The summed E-state index contributed by atoms with van der Waals surface area (Å²) < 4.78 is 31.1. The van der Waals surface area contributed by atoms with Crippen LogP contribution in [0.2, 0.25) is 0 Å². The van der Waals surface area contributed by atoms with Crippen LogP contribution in [0, 0.1) is 18.6 Å². The number of anilines is 1.